The van der Waals surface area contributed by atoms with Gasteiger partial charge >= 0.3 is 0 Å². The first-order valence-electron chi connectivity index (χ1n) is 7.15. The zero-order valence-electron chi connectivity index (χ0n) is 12.1. The quantitative estimate of drug-likeness (QED) is 0.465. The lowest BCUT2D eigenvalue weighted by Crippen LogP contribution is -2.00. The maximum atomic E-state index is 3.62. The van der Waals surface area contributed by atoms with Crippen molar-refractivity contribution in [3.63, 3.8) is 0 Å². The van der Waals surface area contributed by atoms with Crippen molar-refractivity contribution in [3.05, 3.63) is 71.8 Å². The van der Waals surface area contributed by atoms with Gasteiger partial charge in [0.05, 0.1) is 9.65 Å². The summed E-state index contributed by atoms with van der Waals surface area (Å²) in [6.45, 7) is 0. The first-order chi connectivity index (χ1) is 10.7. The predicted octanol–water partition coefficient (Wildman–Crippen LogP) is 5.40. The molecule has 0 nitrogen and oxygen atoms in total. The minimum atomic E-state index is 0.186. The van der Waals surface area contributed by atoms with Gasteiger partial charge in [0.15, 0.2) is 0 Å². The molecule has 0 aliphatic rings. The Kier molecular flexibility index (Phi) is 7.31. The lowest BCUT2D eigenvalue weighted by atomic mass is 10.1. The molecule has 0 fully saturated rings. The number of benzene rings is 2. The van der Waals surface area contributed by atoms with Gasteiger partial charge in [-0.05, 0) is 37.1 Å². The highest BCUT2D eigenvalue weighted by molar-refractivity contribution is 9.10. The van der Waals surface area contributed by atoms with Gasteiger partial charge in [-0.1, -0.05) is 91.9 Å². The summed E-state index contributed by atoms with van der Waals surface area (Å²) in [5.74, 6) is 12.8. The van der Waals surface area contributed by atoms with Crippen molar-refractivity contribution >= 4 is 31.9 Å². The normalized spacial score (nSPS) is 12.3. The van der Waals surface area contributed by atoms with Crippen molar-refractivity contribution in [2.45, 2.75) is 22.5 Å². The minimum absolute atomic E-state index is 0.186. The Hall–Kier alpha value is -1.48. The van der Waals surface area contributed by atoms with Gasteiger partial charge < -0.3 is 0 Å². The predicted molar refractivity (Wildman–Crippen MR) is 101 cm³/mol. The molecular weight excluding hydrogens is 400 g/mol. The summed E-state index contributed by atoms with van der Waals surface area (Å²) in [4.78, 5) is 0.373. The van der Waals surface area contributed by atoms with Gasteiger partial charge in [-0.3, -0.25) is 0 Å². The minimum Gasteiger partial charge on any atom is -0.0829 e. The Morgan fingerprint density at radius 2 is 1.00 bits per heavy atom. The van der Waals surface area contributed by atoms with E-state index >= 15 is 0 Å². The van der Waals surface area contributed by atoms with E-state index in [1.165, 1.54) is 0 Å². The van der Waals surface area contributed by atoms with Crippen LogP contribution < -0.4 is 0 Å². The first kappa shape index (κ1) is 16.9. The van der Waals surface area contributed by atoms with Crippen molar-refractivity contribution in [2.75, 3.05) is 0 Å². The monoisotopic (exact) mass is 414 g/mol. The third kappa shape index (κ3) is 6.52. The lowest BCUT2D eigenvalue weighted by Gasteiger charge is -2.03. The third-order valence-corrected chi connectivity index (χ3v) is 4.34. The smallest absolute Gasteiger partial charge is 0.0759 e. The summed E-state index contributed by atoms with van der Waals surface area (Å²) >= 11 is 7.23. The van der Waals surface area contributed by atoms with Crippen molar-refractivity contribution in [2.24, 2.45) is 0 Å². The summed E-state index contributed by atoms with van der Waals surface area (Å²) in [5.41, 5.74) is 2.09. The molecule has 0 spiro atoms. The fraction of sp³-hybridized carbons (Fsp3) is 0.200. The van der Waals surface area contributed by atoms with Crippen LogP contribution in [0.5, 0.6) is 0 Å². The van der Waals surface area contributed by atoms with Gasteiger partial charge in [-0.2, -0.15) is 0 Å². The molecule has 0 saturated carbocycles. The van der Waals surface area contributed by atoms with Crippen LogP contribution in [-0.4, -0.2) is 9.65 Å². The standard InChI is InChI=1S/C20H16Br2/c21-19(13-11-17-7-3-1-4-8-17)15-16-20(22)14-12-18-9-5-2-6-10-18/h1-10,19-20H,15-16H2. The van der Waals surface area contributed by atoms with Crippen LogP contribution in [0.25, 0.3) is 0 Å². The van der Waals surface area contributed by atoms with Crippen LogP contribution in [0, 0.1) is 23.7 Å². The van der Waals surface area contributed by atoms with Gasteiger partial charge in [-0.15, -0.1) is 0 Å². The number of hydrogen-bond donors (Lipinski definition) is 0. The second-order valence-electron chi connectivity index (χ2n) is 4.78. The molecular formula is C20H16Br2. The summed E-state index contributed by atoms with van der Waals surface area (Å²) in [6, 6.07) is 20.1. The highest BCUT2D eigenvalue weighted by Crippen LogP contribution is 2.14. The summed E-state index contributed by atoms with van der Waals surface area (Å²) in [7, 11) is 0. The largest absolute Gasteiger partial charge is 0.0829 e. The van der Waals surface area contributed by atoms with E-state index in [2.05, 4.69) is 55.5 Å². The number of hydrogen-bond acceptors (Lipinski definition) is 0. The molecule has 2 unspecified atom stereocenters. The van der Waals surface area contributed by atoms with Crippen LogP contribution in [0.3, 0.4) is 0 Å². The topological polar surface area (TPSA) is 0 Å². The first-order valence-corrected chi connectivity index (χ1v) is 8.98. The molecule has 0 heterocycles. The summed E-state index contributed by atoms with van der Waals surface area (Å²) in [5, 5.41) is 0. The second kappa shape index (κ2) is 9.52. The van der Waals surface area contributed by atoms with E-state index in [0.717, 1.165) is 24.0 Å². The molecule has 2 rings (SSSR count). The van der Waals surface area contributed by atoms with Crippen LogP contribution in [0.4, 0.5) is 0 Å². The number of alkyl halides is 2. The summed E-state index contributed by atoms with van der Waals surface area (Å²) < 4.78 is 0. The van der Waals surface area contributed by atoms with Gasteiger partial charge in [0.2, 0.25) is 0 Å². The van der Waals surface area contributed by atoms with E-state index in [4.69, 9.17) is 0 Å². The number of rotatable bonds is 3. The maximum Gasteiger partial charge on any atom is 0.0759 e. The zero-order valence-corrected chi connectivity index (χ0v) is 15.3. The highest BCUT2D eigenvalue weighted by Gasteiger charge is 2.04. The molecule has 0 saturated heterocycles. The Morgan fingerprint density at radius 3 is 1.36 bits per heavy atom. The van der Waals surface area contributed by atoms with Crippen LogP contribution >= 0.6 is 31.9 Å². The molecule has 0 aliphatic heterocycles. The van der Waals surface area contributed by atoms with E-state index in [0.29, 0.717) is 0 Å². The molecule has 22 heavy (non-hydrogen) atoms. The van der Waals surface area contributed by atoms with Crippen molar-refractivity contribution in [1.29, 1.82) is 0 Å². The molecule has 2 atom stereocenters. The highest BCUT2D eigenvalue weighted by atomic mass is 79.9. The van der Waals surface area contributed by atoms with Crippen LogP contribution in [-0.2, 0) is 0 Å². The Morgan fingerprint density at radius 1 is 0.636 bits per heavy atom. The Balaban J connectivity index is 1.80. The number of halogens is 2. The average molecular weight is 416 g/mol. The molecule has 0 radical (unpaired) electrons. The third-order valence-electron chi connectivity index (χ3n) is 2.97. The van der Waals surface area contributed by atoms with Crippen molar-refractivity contribution in [1.82, 2.24) is 0 Å². The van der Waals surface area contributed by atoms with Gasteiger partial charge in [-0.25, -0.2) is 0 Å². The molecule has 0 N–H and O–H groups in total. The second-order valence-corrected chi connectivity index (χ2v) is 6.99. The molecule has 2 aromatic carbocycles. The van der Waals surface area contributed by atoms with Crippen LogP contribution in [0.1, 0.15) is 24.0 Å². The maximum absolute atomic E-state index is 3.62. The van der Waals surface area contributed by atoms with Crippen LogP contribution in [0.2, 0.25) is 0 Å². The zero-order chi connectivity index (χ0) is 15.6. The van der Waals surface area contributed by atoms with E-state index in [-0.39, 0.29) is 9.65 Å². The SMILES string of the molecule is BrC(C#Cc1ccccc1)CCC(Br)C#Cc1ccccc1. The van der Waals surface area contributed by atoms with Gasteiger partial charge in [0, 0.05) is 11.1 Å². The van der Waals surface area contributed by atoms with E-state index in [9.17, 15) is 0 Å². The molecule has 0 amide bonds. The molecule has 2 heteroatoms. The molecule has 2 aromatic rings. The molecule has 0 aliphatic carbocycles. The lowest BCUT2D eigenvalue weighted by molar-refractivity contribution is 0.816. The fourth-order valence-corrected chi connectivity index (χ4v) is 2.56. The molecule has 0 aromatic heterocycles. The van der Waals surface area contributed by atoms with Crippen LogP contribution in [0.15, 0.2) is 60.7 Å². The van der Waals surface area contributed by atoms with E-state index in [1.54, 1.807) is 0 Å². The fourth-order valence-electron chi connectivity index (χ4n) is 1.80. The summed E-state index contributed by atoms with van der Waals surface area (Å²) in [6.07, 6.45) is 1.92. The van der Waals surface area contributed by atoms with Gasteiger partial charge in [0.25, 0.3) is 0 Å². The Labute approximate surface area is 149 Å². The Bertz CT molecular complexity index is 621. The van der Waals surface area contributed by atoms with Crippen molar-refractivity contribution in [3.8, 4) is 23.7 Å². The average Bonchev–Trinajstić information content (AvgIpc) is 2.58. The molecule has 0 bridgehead atoms. The molecule has 110 valence electrons. The van der Waals surface area contributed by atoms with E-state index < -0.39 is 0 Å². The van der Waals surface area contributed by atoms with Gasteiger partial charge in [0.1, 0.15) is 0 Å². The van der Waals surface area contributed by atoms with Crippen molar-refractivity contribution < 1.29 is 0 Å². The van der Waals surface area contributed by atoms with E-state index in [1.807, 2.05) is 60.7 Å².